The molecule has 2 aromatic rings. The third kappa shape index (κ3) is 2.47. The molecule has 6 heteroatoms. The van der Waals surface area contributed by atoms with E-state index in [4.69, 9.17) is 4.74 Å². The number of fused-ring (bicyclic) bond motifs is 2. The van der Waals surface area contributed by atoms with Gasteiger partial charge < -0.3 is 15.4 Å². The Bertz CT molecular complexity index is 689. The summed E-state index contributed by atoms with van der Waals surface area (Å²) in [5.74, 6) is 0.599. The molecule has 0 unspecified atom stereocenters. The van der Waals surface area contributed by atoms with Gasteiger partial charge in [-0.2, -0.15) is 0 Å². The molecule has 4 rings (SSSR count). The topological polar surface area (TPSA) is 63.2 Å². The monoisotopic (exact) mass is 301 g/mol. The van der Waals surface area contributed by atoms with Gasteiger partial charge in [0.25, 0.3) is 5.91 Å². The molecule has 108 valence electrons. The molecule has 2 aliphatic rings. The van der Waals surface area contributed by atoms with E-state index < -0.39 is 0 Å². The van der Waals surface area contributed by atoms with E-state index in [9.17, 15) is 4.79 Å². The summed E-state index contributed by atoms with van der Waals surface area (Å²) in [7, 11) is 0. The van der Waals surface area contributed by atoms with Crippen molar-refractivity contribution in [3.63, 3.8) is 0 Å². The van der Waals surface area contributed by atoms with Gasteiger partial charge in [0.15, 0.2) is 6.61 Å². The smallest absolute Gasteiger partial charge is 0.262 e. The van der Waals surface area contributed by atoms with Gasteiger partial charge in [0.2, 0.25) is 0 Å². The second-order valence-electron chi connectivity index (χ2n) is 5.23. The van der Waals surface area contributed by atoms with Crippen molar-refractivity contribution in [1.82, 2.24) is 4.98 Å². The molecule has 1 aromatic carbocycles. The fourth-order valence-corrected chi connectivity index (χ4v) is 3.78. The van der Waals surface area contributed by atoms with Gasteiger partial charge in [-0.15, -0.1) is 11.3 Å². The van der Waals surface area contributed by atoms with E-state index in [0.29, 0.717) is 5.75 Å². The third-order valence-electron chi connectivity index (χ3n) is 3.70. The van der Waals surface area contributed by atoms with Crippen LogP contribution in [0.2, 0.25) is 0 Å². The van der Waals surface area contributed by atoms with E-state index in [2.05, 4.69) is 15.6 Å². The lowest BCUT2D eigenvalue weighted by Gasteiger charge is -2.18. The number of rotatable bonds is 3. The van der Waals surface area contributed by atoms with E-state index in [-0.39, 0.29) is 12.5 Å². The van der Waals surface area contributed by atoms with Gasteiger partial charge >= 0.3 is 0 Å². The first-order valence-corrected chi connectivity index (χ1v) is 7.87. The summed E-state index contributed by atoms with van der Waals surface area (Å²) in [6.45, 7) is 0.804. The average Bonchev–Trinajstić information content (AvgIpc) is 3.06. The highest BCUT2D eigenvalue weighted by Gasteiger charge is 2.17. The van der Waals surface area contributed by atoms with Crippen LogP contribution in [0.15, 0.2) is 18.2 Å². The van der Waals surface area contributed by atoms with Crippen LogP contribution in [0.3, 0.4) is 0 Å². The van der Waals surface area contributed by atoms with Crippen LogP contribution in [0.25, 0.3) is 0 Å². The van der Waals surface area contributed by atoms with Crippen LogP contribution < -0.4 is 15.4 Å². The minimum absolute atomic E-state index is 0.0790. The van der Waals surface area contributed by atoms with Gasteiger partial charge in [-0.1, -0.05) is 0 Å². The number of aromatic nitrogens is 1. The number of nitrogens with one attached hydrogen (secondary N) is 2. The Kier molecular flexibility index (Phi) is 3.03. The Labute approximate surface area is 126 Å². The van der Waals surface area contributed by atoms with Gasteiger partial charge in [0.1, 0.15) is 10.8 Å². The van der Waals surface area contributed by atoms with Gasteiger partial charge in [0, 0.05) is 16.6 Å². The molecule has 5 nitrogen and oxygen atoms in total. The molecule has 1 aromatic heterocycles. The second-order valence-corrected chi connectivity index (χ2v) is 6.40. The van der Waals surface area contributed by atoms with Crippen molar-refractivity contribution in [2.45, 2.75) is 25.8 Å². The van der Waals surface area contributed by atoms with Crippen molar-refractivity contribution >= 4 is 28.6 Å². The summed E-state index contributed by atoms with van der Waals surface area (Å²) in [6, 6.07) is 5.71. The number of aryl methyl sites for hydroxylation is 2. The molecule has 0 saturated carbocycles. The van der Waals surface area contributed by atoms with Gasteiger partial charge in [0.05, 0.1) is 17.9 Å². The molecule has 2 heterocycles. The number of carbonyl (C=O) groups is 1. The van der Waals surface area contributed by atoms with Crippen molar-refractivity contribution < 1.29 is 9.53 Å². The first-order chi connectivity index (χ1) is 10.3. The first-order valence-electron chi connectivity index (χ1n) is 7.06. The van der Waals surface area contributed by atoms with Crippen molar-refractivity contribution in [2.24, 2.45) is 0 Å². The second kappa shape index (κ2) is 5.04. The number of nitrogens with zero attached hydrogens (tertiary/aromatic N) is 1. The highest BCUT2D eigenvalue weighted by atomic mass is 32.1. The lowest BCUT2D eigenvalue weighted by atomic mass is 10.2. The molecule has 0 bridgehead atoms. The van der Waals surface area contributed by atoms with Crippen molar-refractivity contribution in [3.05, 3.63) is 33.8 Å². The minimum Gasteiger partial charge on any atom is -0.482 e. The molecule has 0 spiro atoms. The van der Waals surface area contributed by atoms with E-state index in [0.717, 1.165) is 29.3 Å². The average molecular weight is 301 g/mol. The number of ether oxygens (including phenoxy) is 1. The summed E-state index contributed by atoms with van der Waals surface area (Å²) in [5.41, 5.74) is 2.98. The van der Waals surface area contributed by atoms with Crippen LogP contribution in [0.1, 0.15) is 22.0 Å². The summed E-state index contributed by atoms with van der Waals surface area (Å²) < 4.78 is 5.41. The zero-order valence-corrected chi connectivity index (χ0v) is 12.3. The maximum absolute atomic E-state index is 11.2. The SMILES string of the molecule is O=C1COc2cc(NCc3nc4c(s3)CCC4)ccc2N1. The van der Waals surface area contributed by atoms with Gasteiger partial charge in [-0.05, 0) is 31.4 Å². The summed E-state index contributed by atoms with van der Waals surface area (Å²) in [5, 5.41) is 7.28. The predicted molar refractivity (Wildman–Crippen MR) is 82.0 cm³/mol. The predicted octanol–water partition coefficient (Wildman–Crippen LogP) is 2.57. The Hall–Kier alpha value is -2.08. The molecule has 0 saturated heterocycles. The lowest BCUT2D eigenvalue weighted by molar-refractivity contribution is -0.118. The molecule has 0 atom stereocenters. The number of benzene rings is 1. The zero-order valence-electron chi connectivity index (χ0n) is 11.4. The summed E-state index contributed by atoms with van der Waals surface area (Å²) in [6.07, 6.45) is 3.55. The number of hydrogen-bond acceptors (Lipinski definition) is 5. The molecule has 0 radical (unpaired) electrons. The summed E-state index contributed by atoms with van der Waals surface area (Å²) in [4.78, 5) is 17.3. The number of amides is 1. The number of thiazole rings is 1. The molecule has 1 aliphatic heterocycles. The molecule has 2 N–H and O–H groups in total. The molecular weight excluding hydrogens is 286 g/mol. The molecule has 1 aliphatic carbocycles. The van der Waals surface area contributed by atoms with Crippen molar-refractivity contribution in [1.29, 1.82) is 0 Å². The lowest BCUT2D eigenvalue weighted by Crippen LogP contribution is -2.25. The van der Waals surface area contributed by atoms with Crippen LogP contribution in [0.5, 0.6) is 5.75 Å². The standard InChI is InChI=1S/C15H15N3O2S/c19-14-8-20-12-6-9(4-5-10(12)17-14)16-7-15-18-11-2-1-3-13(11)21-15/h4-6,16H,1-3,7-8H2,(H,17,19). The maximum Gasteiger partial charge on any atom is 0.262 e. The van der Waals surface area contributed by atoms with Crippen LogP contribution in [-0.4, -0.2) is 17.5 Å². The fourth-order valence-electron chi connectivity index (χ4n) is 2.68. The molecular formula is C15H15N3O2S. The van der Waals surface area contributed by atoms with Crippen LogP contribution >= 0.6 is 11.3 Å². The quantitative estimate of drug-likeness (QED) is 0.914. The van der Waals surface area contributed by atoms with E-state index in [1.54, 1.807) is 0 Å². The number of hydrogen-bond donors (Lipinski definition) is 2. The van der Waals surface area contributed by atoms with E-state index >= 15 is 0 Å². The van der Waals surface area contributed by atoms with E-state index in [1.807, 2.05) is 29.5 Å². The summed E-state index contributed by atoms with van der Waals surface area (Å²) >= 11 is 1.81. The van der Waals surface area contributed by atoms with E-state index in [1.165, 1.54) is 23.4 Å². The third-order valence-corrected chi connectivity index (χ3v) is 4.86. The molecule has 0 fully saturated rings. The maximum atomic E-state index is 11.2. The van der Waals surface area contributed by atoms with Crippen LogP contribution in [-0.2, 0) is 24.2 Å². The van der Waals surface area contributed by atoms with Crippen LogP contribution in [0, 0.1) is 0 Å². The highest BCUT2D eigenvalue weighted by molar-refractivity contribution is 7.11. The normalized spacial score (nSPS) is 15.9. The molecule has 1 amide bonds. The Morgan fingerprint density at radius 2 is 2.33 bits per heavy atom. The number of carbonyl (C=O) groups excluding carboxylic acids is 1. The Balaban J connectivity index is 1.46. The largest absolute Gasteiger partial charge is 0.482 e. The highest BCUT2D eigenvalue weighted by Crippen LogP contribution is 2.31. The van der Waals surface area contributed by atoms with Gasteiger partial charge in [-0.3, -0.25) is 4.79 Å². The zero-order chi connectivity index (χ0) is 14.2. The van der Waals surface area contributed by atoms with Crippen molar-refractivity contribution in [2.75, 3.05) is 17.2 Å². The minimum atomic E-state index is -0.111. The Morgan fingerprint density at radius 3 is 3.24 bits per heavy atom. The number of anilines is 2. The van der Waals surface area contributed by atoms with Crippen LogP contribution in [0.4, 0.5) is 11.4 Å². The van der Waals surface area contributed by atoms with Crippen molar-refractivity contribution in [3.8, 4) is 5.75 Å². The first kappa shape index (κ1) is 12.6. The fraction of sp³-hybridized carbons (Fsp3) is 0.333. The van der Waals surface area contributed by atoms with Gasteiger partial charge in [-0.25, -0.2) is 4.98 Å². The molecule has 21 heavy (non-hydrogen) atoms. The Morgan fingerprint density at radius 1 is 1.38 bits per heavy atom.